The molecule has 0 nitrogen and oxygen atoms in total. The summed E-state index contributed by atoms with van der Waals surface area (Å²) in [7, 11) is 0. The Labute approximate surface area is 196 Å². The van der Waals surface area contributed by atoms with Gasteiger partial charge in [0.2, 0.25) is 0 Å². The zero-order valence-corrected chi connectivity index (χ0v) is 20.2. The lowest BCUT2D eigenvalue weighted by molar-refractivity contribution is 0.227. The van der Waals surface area contributed by atoms with Crippen LogP contribution in [0.5, 0.6) is 0 Å². The maximum Gasteiger partial charge on any atom is 0.0897 e. The van der Waals surface area contributed by atoms with Crippen LogP contribution in [-0.4, -0.2) is 6.67 Å². The molecule has 2 fully saturated rings. The molecule has 0 spiro atoms. The molecule has 32 heavy (non-hydrogen) atoms. The zero-order valence-electron chi connectivity index (χ0n) is 20.2. The molecule has 0 radical (unpaired) electrons. The lowest BCUT2D eigenvalue weighted by atomic mass is 9.74. The van der Waals surface area contributed by atoms with Gasteiger partial charge in [0, 0.05) is 0 Å². The highest BCUT2D eigenvalue weighted by atomic mass is 19.1. The molecular formula is C31H43F. The second kappa shape index (κ2) is 12.0. The smallest absolute Gasteiger partial charge is 0.0897 e. The number of alkyl halides is 1. The summed E-state index contributed by atoms with van der Waals surface area (Å²) in [5, 5.41) is 0. The van der Waals surface area contributed by atoms with Gasteiger partial charge in [-0.1, -0.05) is 100 Å². The summed E-state index contributed by atoms with van der Waals surface area (Å²) < 4.78 is 12.4. The second-order valence-electron chi connectivity index (χ2n) is 10.7. The van der Waals surface area contributed by atoms with E-state index in [0.29, 0.717) is 6.42 Å². The van der Waals surface area contributed by atoms with E-state index in [2.05, 4.69) is 55.5 Å². The van der Waals surface area contributed by atoms with Crippen LogP contribution in [0.1, 0.15) is 101 Å². The number of benzene rings is 2. The molecule has 0 aliphatic heterocycles. The van der Waals surface area contributed by atoms with Crippen LogP contribution >= 0.6 is 0 Å². The molecule has 174 valence electrons. The van der Waals surface area contributed by atoms with Crippen molar-refractivity contribution in [1.29, 1.82) is 0 Å². The predicted octanol–water partition coefficient (Wildman–Crippen LogP) is 9.53. The van der Waals surface area contributed by atoms with Gasteiger partial charge in [-0.25, -0.2) is 0 Å². The third kappa shape index (κ3) is 6.46. The van der Waals surface area contributed by atoms with Crippen LogP contribution in [0.15, 0.2) is 48.5 Å². The third-order valence-corrected chi connectivity index (χ3v) is 8.64. The Bertz CT molecular complexity index is 774. The van der Waals surface area contributed by atoms with E-state index >= 15 is 0 Å². The molecule has 2 aliphatic rings. The van der Waals surface area contributed by atoms with Crippen molar-refractivity contribution >= 4 is 0 Å². The Morgan fingerprint density at radius 2 is 1.16 bits per heavy atom. The Morgan fingerprint density at radius 3 is 1.69 bits per heavy atom. The molecule has 0 unspecified atom stereocenters. The summed E-state index contributed by atoms with van der Waals surface area (Å²) in [6, 6.07) is 18.0. The van der Waals surface area contributed by atoms with Crippen molar-refractivity contribution in [1.82, 2.24) is 0 Å². The van der Waals surface area contributed by atoms with Crippen molar-refractivity contribution in [3.63, 3.8) is 0 Å². The first-order valence-corrected chi connectivity index (χ1v) is 13.5. The van der Waals surface area contributed by atoms with Crippen LogP contribution < -0.4 is 0 Å². The van der Waals surface area contributed by atoms with Gasteiger partial charge in [0.1, 0.15) is 0 Å². The topological polar surface area (TPSA) is 0 Å². The Kier molecular flexibility index (Phi) is 8.83. The SMILES string of the molecule is CC[C@H]1CC[C@H](CC[C@H]2CC[C@H](c3ccc(-c4ccc(CCCF)cc4)cc3)CC2)CC1. The second-order valence-corrected chi connectivity index (χ2v) is 10.7. The highest BCUT2D eigenvalue weighted by molar-refractivity contribution is 5.64. The van der Waals surface area contributed by atoms with Crippen LogP contribution in [-0.2, 0) is 6.42 Å². The minimum atomic E-state index is -0.231. The van der Waals surface area contributed by atoms with Crippen molar-refractivity contribution in [2.75, 3.05) is 6.67 Å². The van der Waals surface area contributed by atoms with E-state index in [1.165, 1.54) is 92.9 Å². The van der Waals surface area contributed by atoms with Gasteiger partial charge in [0.25, 0.3) is 0 Å². The van der Waals surface area contributed by atoms with Crippen molar-refractivity contribution in [3.8, 4) is 11.1 Å². The molecule has 0 aromatic heterocycles. The minimum Gasteiger partial charge on any atom is -0.251 e. The monoisotopic (exact) mass is 434 g/mol. The first-order chi connectivity index (χ1) is 15.7. The zero-order chi connectivity index (χ0) is 22.2. The molecule has 0 atom stereocenters. The molecule has 0 amide bonds. The highest BCUT2D eigenvalue weighted by Crippen LogP contribution is 2.40. The Morgan fingerprint density at radius 1 is 0.656 bits per heavy atom. The molecular weight excluding hydrogens is 391 g/mol. The number of rotatable bonds is 9. The van der Waals surface area contributed by atoms with Gasteiger partial charge in [-0.2, -0.15) is 0 Å². The number of halogens is 1. The fourth-order valence-corrected chi connectivity index (χ4v) is 6.27. The summed E-state index contributed by atoms with van der Waals surface area (Å²) in [6.07, 6.45) is 17.4. The Hall–Kier alpha value is -1.63. The largest absolute Gasteiger partial charge is 0.251 e. The molecule has 0 heterocycles. The number of hydrogen-bond donors (Lipinski definition) is 0. The first-order valence-electron chi connectivity index (χ1n) is 13.5. The lowest BCUT2D eigenvalue weighted by Crippen LogP contribution is -2.17. The van der Waals surface area contributed by atoms with Crippen molar-refractivity contribution in [3.05, 3.63) is 59.7 Å². The lowest BCUT2D eigenvalue weighted by Gasteiger charge is -2.32. The molecule has 0 bridgehead atoms. The normalized spacial score (nSPS) is 26.2. The minimum absolute atomic E-state index is 0.231. The molecule has 2 aliphatic carbocycles. The van der Waals surface area contributed by atoms with Gasteiger partial charge in [0.15, 0.2) is 0 Å². The fraction of sp³-hybridized carbons (Fsp3) is 0.613. The van der Waals surface area contributed by atoms with Gasteiger partial charge in [-0.15, -0.1) is 0 Å². The van der Waals surface area contributed by atoms with E-state index < -0.39 is 0 Å². The average molecular weight is 435 g/mol. The average Bonchev–Trinajstić information content (AvgIpc) is 2.87. The number of aryl methyl sites for hydroxylation is 1. The molecule has 2 saturated carbocycles. The number of hydrogen-bond acceptors (Lipinski definition) is 0. The van der Waals surface area contributed by atoms with E-state index in [1.54, 1.807) is 0 Å². The summed E-state index contributed by atoms with van der Waals surface area (Å²) in [5.41, 5.74) is 5.31. The van der Waals surface area contributed by atoms with E-state index in [9.17, 15) is 4.39 Å². The van der Waals surface area contributed by atoms with Crippen LogP contribution in [0.3, 0.4) is 0 Å². The molecule has 4 rings (SSSR count). The van der Waals surface area contributed by atoms with Crippen LogP contribution in [0, 0.1) is 17.8 Å². The van der Waals surface area contributed by atoms with Gasteiger partial charge in [-0.05, 0) is 84.5 Å². The molecule has 0 N–H and O–H groups in total. The van der Waals surface area contributed by atoms with Crippen molar-refractivity contribution in [2.45, 2.75) is 96.3 Å². The van der Waals surface area contributed by atoms with Crippen LogP contribution in [0.2, 0.25) is 0 Å². The van der Waals surface area contributed by atoms with E-state index in [1.807, 2.05) is 0 Å². The molecule has 0 saturated heterocycles. The molecule has 1 heteroatoms. The fourth-order valence-electron chi connectivity index (χ4n) is 6.27. The van der Waals surface area contributed by atoms with E-state index in [4.69, 9.17) is 0 Å². The first kappa shape index (κ1) is 23.5. The Balaban J connectivity index is 1.22. The maximum atomic E-state index is 12.4. The van der Waals surface area contributed by atoms with Crippen LogP contribution in [0.25, 0.3) is 11.1 Å². The summed E-state index contributed by atoms with van der Waals surface area (Å²) in [4.78, 5) is 0. The predicted molar refractivity (Wildman–Crippen MR) is 136 cm³/mol. The third-order valence-electron chi connectivity index (χ3n) is 8.64. The molecule has 2 aromatic rings. The van der Waals surface area contributed by atoms with Crippen molar-refractivity contribution in [2.24, 2.45) is 17.8 Å². The van der Waals surface area contributed by atoms with Crippen LogP contribution in [0.4, 0.5) is 4.39 Å². The van der Waals surface area contributed by atoms with Gasteiger partial charge in [-0.3, -0.25) is 4.39 Å². The molecule has 2 aromatic carbocycles. The van der Waals surface area contributed by atoms with Crippen molar-refractivity contribution < 1.29 is 4.39 Å². The summed E-state index contributed by atoms with van der Waals surface area (Å²) in [6.45, 7) is 2.14. The summed E-state index contributed by atoms with van der Waals surface area (Å²) >= 11 is 0. The van der Waals surface area contributed by atoms with E-state index in [0.717, 1.165) is 30.1 Å². The van der Waals surface area contributed by atoms with E-state index in [-0.39, 0.29) is 6.67 Å². The maximum absolute atomic E-state index is 12.4. The standard InChI is InChI=1S/C31H43F/c1-2-24-5-7-26(8-6-24)9-10-27-13-17-29(18-14-27)31-21-19-30(20-22-31)28-15-11-25(12-16-28)4-3-23-32/h11-12,15-16,19-22,24,26-27,29H,2-10,13-14,17-18,23H2,1H3/t24-,26-,27-,29-. The van der Waals surface area contributed by atoms with Gasteiger partial charge < -0.3 is 0 Å². The van der Waals surface area contributed by atoms with Gasteiger partial charge in [0.05, 0.1) is 6.67 Å². The highest BCUT2D eigenvalue weighted by Gasteiger charge is 2.25. The van der Waals surface area contributed by atoms with Gasteiger partial charge >= 0.3 is 0 Å². The summed E-state index contributed by atoms with van der Waals surface area (Å²) in [5.74, 6) is 3.79. The quantitative estimate of drug-likeness (QED) is 0.368.